The summed E-state index contributed by atoms with van der Waals surface area (Å²) in [4.78, 5) is 47.1. The van der Waals surface area contributed by atoms with Crippen molar-refractivity contribution in [3.05, 3.63) is 58.4 Å². The molecule has 0 aliphatic carbocycles. The quantitative estimate of drug-likeness (QED) is 0.475. The molecule has 1 fully saturated rings. The maximum atomic E-state index is 13.3. The molecule has 0 unspecified atom stereocenters. The first-order valence-corrected chi connectivity index (χ1v) is 8.32. The van der Waals surface area contributed by atoms with Gasteiger partial charge >= 0.3 is 17.5 Å². The molecule has 0 radical (unpaired) electrons. The molecule has 0 aromatic heterocycles. The number of nitro groups is 1. The van der Waals surface area contributed by atoms with Crippen LogP contribution in [0.1, 0.15) is 12.8 Å². The standard InChI is InChI=1S/C18H15FN4O5/c19-14-8-5-12(10-15(14)23(27)28)21-18(26)17(25)20-11-3-6-13(7-4-11)22-9-1-2-16(22)24/h3-8,10H,1-2,9H2,(H,20,25)(H,21,26). The second kappa shape index (κ2) is 7.82. The topological polar surface area (TPSA) is 122 Å². The van der Waals surface area contributed by atoms with Crippen molar-refractivity contribution in [3.8, 4) is 0 Å². The third kappa shape index (κ3) is 4.11. The molecule has 2 aromatic rings. The summed E-state index contributed by atoms with van der Waals surface area (Å²) >= 11 is 0. The molecule has 0 saturated carbocycles. The van der Waals surface area contributed by atoms with Crippen molar-refractivity contribution in [3.63, 3.8) is 0 Å². The first-order valence-electron chi connectivity index (χ1n) is 8.32. The molecule has 2 aromatic carbocycles. The minimum absolute atomic E-state index is 0.0320. The maximum Gasteiger partial charge on any atom is 0.314 e. The predicted octanol–water partition coefficient (Wildman–Crippen LogP) is 2.44. The molecule has 1 saturated heterocycles. The van der Waals surface area contributed by atoms with Gasteiger partial charge in [-0.05, 0) is 42.8 Å². The van der Waals surface area contributed by atoms with Gasteiger partial charge in [0.15, 0.2) is 0 Å². The fourth-order valence-corrected chi connectivity index (χ4v) is 2.75. The number of nitrogens with zero attached hydrogens (tertiary/aromatic N) is 2. The Kier molecular flexibility index (Phi) is 5.30. The summed E-state index contributed by atoms with van der Waals surface area (Å²) in [5.74, 6) is -3.09. The number of rotatable bonds is 4. The van der Waals surface area contributed by atoms with Gasteiger partial charge in [0, 0.05) is 36.1 Å². The van der Waals surface area contributed by atoms with Crippen molar-refractivity contribution in [1.29, 1.82) is 0 Å². The first kappa shape index (κ1) is 19.0. The van der Waals surface area contributed by atoms with E-state index in [1.54, 1.807) is 29.2 Å². The normalized spacial score (nSPS) is 13.3. The van der Waals surface area contributed by atoms with Crippen LogP contribution in [0.2, 0.25) is 0 Å². The van der Waals surface area contributed by atoms with Crippen LogP contribution in [0.4, 0.5) is 27.1 Å². The number of nitrogens with one attached hydrogen (secondary N) is 2. The smallest absolute Gasteiger partial charge is 0.314 e. The molecule has 1 aliphatic heterocycles. The van der Waals surface area contributed by atoms with Crippen LogP contribution in [-0.4, -0.2) is 29.2 Å². The molecule has 1 aliphatic rings. The van der Waals surface area contributed by atoms with Crippen LogP contribution in [0.25, 0.3) is 0 Å². The molecule has 9 nitrogen and oxygen atoms in total. The van der Waals surface area contributed by atoms with E-state index in [9.17, 15) is 28.9 Å². The van der Waals surface area contributed by atoms with Crippen LogP contribution < -0.4 is 15.5 Å². The number of anilines is 3. The Morgan fingerprint density at radius 3 is 2.21 bits per heavy atom. The van der Waals surface area contributed by atoms with Gasteiger partial charge in [0.2, 0.25) is 11.7 Å². The largest absolute Gasteiger partial charge is 0.318 e. The zero-order valence-electron chi connectivity index (χ0n) is 14.5. The van der Waals surface area contributed by atoms with Crippen molar-refractivity contribution in [2.45, 2.75) is 12.8 Å². The fraction of sp³-hybridized carbons (Fsp3) is 0.167. The SMILES string of the molecule is O=C(Nc1ccc(N2CCCC2=O)cc1)C(=O)Nc1ccc(F)c([N+](=O)[O-])c1. The lowest BCUT2D eigenvalue weighted by Crippen LogP contribution is -2.29. The molecule has 10 heteroatoms. The number of carbonyl (C=O) groups is 3. The first-order chi connectivity index (χ1) is 13.3. The van der Waals surface area contributed by atoms with E-state index in [4.69, 9.17) is 0 Å². The minimum atomic E-state index is -1.07. The van der Waals surface area contributed by atoms with Crippen molar-refractivity contribution in [2.24, 2.45) is 0 Å². The number of nitro benzene ring substituents is 1. The second-order valence-electron chi connectivity index (χ2n) is 6.03. The number of hydrogen-bond donors (Lipinski definition) is 2. The number of benzene rings is 2. The molecule has 0 spiro atoms. The second-order valence-corrected chi connectivity index (χ2v) is 6.03. The number of hydrogen-bond acceptors (Lipinski definition) is 5. The molecule has 3 rings (SSSR count). The van der Waals surface area contributed by atoms with Gasteiger partial charge in [-0.25, -0.2) is 0 Å². The van der Waals surface area contributed by atoms with E-state index in [1.807, 2.05) is 0 Å². The van der Waals surface area contributed by atoms with Gasteiger partial charge in [-0.2, -0.15) is 4.39 Å². The Balaban J connectivity index is 1.63. The minimum Gasteiger partial charge on any atom is -0.318 e. The Morgan fingerprint density at radius 2 is 1.64 bits per heavy atom. The van der Waals surface area contributed by atoms with E-state index < -0.39 is 28.2 Å². The number of halogens is 1. The van der Waals surface area contributed by atoms with Crippen LogP contribution in [0.15, 0.2) is 42.5 Å². The van der Waals surface area contributed by atoms with Gasteiger partial charge in [0.25, 0.3) is 0 Å². The summed E-state index contributed by atoms with van der Waals surface area (Å²) in [6.07, 6.45) is 1.29. The summed E-state index contributed by atoms with van der Waals surface area (Å²) < 4.78 is 13.3. The molecular weight excluding hydrogens is 371 g/mol. The Hall–Kier alpha value is -3.82. The Bertz CT molecular complexity index is 961. The van der Waals surface area contributed by atoms with E-state index in [0.717, 1.165) is 24.6 Å². The highest BCUT2D eigenvalue weighted by Gasteiger charge is 2.22. The molecule has 3 amide bonds. The van der Waals surface area contributed by atoms with Gasteiger partial charge in [0.1, 0.15) is 0 Å². The monoisotopic (exact) mass is 386 g/mol. The van der Waals surface area contributed by atoms with E-state index in [0.29, 0.717) is 24.3 Å². The molecule has 2 N–H and O–H groups in total. The predicted molar refractivity (Wildman–Crippen MR) is 98.3 cm³/mol. The molecule has 1 heterocycles. The molecule has 0 bridgehead atoms. The number of amides is 3. The summed E-state index contributed by atoms with van der Waals surface area (Å²) in [6.45, 7) is 0.636. The molecule has 0 atom stereocenters. The lowest BCUT2D eigenvalue weighted by molar-refractivity contribution is -0.387. The van der Waals surface area contributed by atoms with Crippen LogP contribution >= 0.6 is 0 Å². The highest BCUT2D eigenvalue weighted by molar-refractivity contribution is 6.43. The third-order valence-electron chi connectivity index (χ3n) is 4.12. The van der Waals surface area contributed by atoms with Gasteiger partial charge < -0.3 is 15.5 Å². The highest BCUT2D eigenvalue weighted by Crippen LogP contribution is 2.23. The highest BCUT2D eigenvalue weighted by atomic mass is 19.1. The molecule has 144 valence electrons. The van der Waals surface area contributed by atoms with Crippen LogP contribution in [0.5, 0.6) is 0 Å². The Labute approximate surface area is 158 Å². The molecular formula is C18H15FN4O5. The zero-order chi connectivity index (χ0) is 20.3. The van der Waals surface area contributed by atoms with E-state index >= 15 is 0 Å². The van der Waals surface area contributed by atoms with Gasteiger partial charge in [-0.1, -0.05) is 0 Å². The van der Waals surface area contributed by atoms with Gasteiger partial charge in [0.05, 0.1) is 4.92 Å². The van der Waals surface area contributed by atoms with Crippen LogP contribution in [-0.2, 0) is 14.4 Å². The zero-order valence-corrected chi connectivity index (χ0v) is 14.5. The van der Waals surface area contributed by atoms with Crippen LogP contribution in [0, 0.1) is 15.9 Å². The summed E-state index contributed by atoms with van der Waals surface area (Å²) in [7, 11) is 0. The average Bonchev–Trinajstić information content (AvgIpc) is 3.09. The van der Waals surface area contributed by atoms with Gasteiger partial charge in [-0.3, -0.25) is 24.5 Å². The fourth-order valence-electron chi connectivity index (χ4n) is 2.75. The molecule has 28 heavy (non-hydrogen) atoms. The van der Waals surface area contributed by atoms with Gasteiger partial charge in [-0.15, -0.1) is 0 Å². The van der Waals surface area contributed by atoms with Crippen molar-refractivity contribution in [2.75, 3.05) is 22.1 Å². The summed E-state index contributed by atoms with van der Waals surface area (Å²) in [6, 6.07) is 9.16. The number of carbonyl (C=O) groups excluding carboxylic acids is 3. The van der Waals surface area contributed by atoms with E-state index in [2.05, 4.69) is 10.6 Å². The Morgan fingerprint density at radius 1 is 1.04 bits per heavy atom. The lowest BCUT2D eigenvalue weighted by Gasteiger charge is -2.16. The maximum absolute atomic E-state index is 13.3. The summed E-state index contributed by atoms with van der Waals surface area (Å²) in [5.41, 5.74) is 0.130. The average molecular weight is 386 g/mol. The third-order valence-corrected chi connectivity index (χ3v) is 4.12. The van der Waals surface area contributed by atoms with Crippen molar-refractivity contribution >= 4 is 40.5 Å². The van der Waals surface area contributed by atoms with Crippen LogP contribution in [0.3, 0.4) is 0 Å². The van der Waals surface area contributed by atoms with E-state index in [-0.39, 0.29) is 11.6 Å². The van der Waals surface area contributed by atoms with E-state index in [1.165, 1.54) is 0 Å². The van der Waals surface area contributed by atoms with Crippen molar-refractivity contribution in [1.82, 2.24) is 0 Å². The lowest BCUT2D eigenvalue weighted by atomic mass is 10.2. The van der Waals surface area contributed by atoms with Crippen molar-refractivity contribution < 1.29 is 23.7 Å². The summed E-state index contributed by atoms with van der Waals surface area (Å²) in [5, 5.41) is 15.3.